The Morgan fingerprint density at radius 2 is 1.53 bits per heavy atom. The number of carboxylic acids is 3. The van der Waals surface area contributed by atoms with Crippen molar-refractivity contribution in [2.24, 2.45) is 46.3 Å². The second kappa shape index (κ2) is 8.51. The minimum atomic E-state index is -1.05. The van der Waals surface area contributed by atoms with Gasteiger partial charge in [-0.2, -0.15) is 0 Å². The molecule has 0 heterocycles. The van der Waals surface area contributed by atoms with Crippen LogP contribution in [0.15, 0.2) is 0 Å². The molecule has 0 aliphatic heterocycles. The summed E-state index contributed by atoms with van der Waals surface area (Å²) in [5.41, 5.74) is -0.767. The van der Waals surface area contributed by atoms with Crippen molar-refractivity contribution in [1.82, 2.24) is 0 Å². The first kappa shape index (κ1) is 23.1. The predicted molar refractivity (Wildman–Crippen MR) is 104 cm³/mol. The number of carbonyl (C=O) groups is 3. The van der Waals surface area contributed by atoms with Gasteiger partial charge in [0.25, 0.3) is 0 Å². The third-order valence-electron chi connectivity index (χ3n) is 9.49. The van der Waals surface area contributed by atoms with Crippen LogP contribution in [-0.2, 0) is 14.4 Å². The second-order valence-electron chi connectivity index (χ2n) is 10.8. The van der Waals surface area contributed by atoms with E-state index in [4.69, 9.17) is 0 Å². The van der Waals surface area contributed by atoms with E-state index in [9.17, 15) is 29.7 Å². The van der Waals surface area contributed by atoms with Gasteiger partial charge in [0.1, 0.15) is 0 Å². The van der Waals surface area contributed by atoms with Crippen molar-refractivity contribution >= 4 is 17.9 Å². The lowest BCUT2D eigenvalue weighted by Crippen LogP contribution is -2.57. The van der Waals surface area contributed by atoms with Gasteiger partial charge in [0.2, 0.25) is 0 Å². The van der Waals surface area contributed by atoms with E-state index in [1.165, 1.54) is 0 Å². The summed E-state index contributed by atoms with van der Waals surface area (Å²) in [4.78, 5) is 35.3. The van der Waals surface area contributed by atoms with E-state index in [1.807, 2.05) is 6.92 Å². The molecule has 0 N–H and O–H groups in total. The fourth-order valence-electron chi connectivity index (χ4n) is 7.92. The zero-order chi connectivity index (χ0) is 22.3. The van der Waals surface area contributed by atoms with Gasteiger partial charge in [0.15, 0.2) is 0 Å². The van der Waals surface area contributed by atoms with E-state index < -0.39 is 35.2 Å². The normalized spacial score (nSPS) is 42.3. The average Bonchev–Trinajstić information content (AvgIpc) is 3.02. The number of aliphatic carboxylic acids is 3. The molecular formula is C24H35O6-3. The third-order valence-corrected chi connectivity index (χ3v) is 9.49. The van der Waals surface area contributed by atoms with Gasteiger partial charge in [-0.05, 0) is 85.9 Å². The van der Waals surface area contributed by atoms with Gasteiger partial charge < -0.3 is 29.7 Å². The Balaban J connectivity index is 1.88. The van der Waals surface area contributed by atoms with Crippen LogP contribution in [0.2, 0.25) is 0 Å². The molecule has 3 aliphatic carbocycles. The minimum absolute atomic E-state index is 0.0241. The van der Waals surface area contributed by atoms with Crippen LogP contribution in [0.5, 0.6) is 0 Å². The first-order chi connectivity index (χ1) is 14.0. The molecule has 3 rings (SSSR count). The molecule has 3 aliphatic rings. The molecule has 170 valence electrons. The molecule has 0 aromatic heterocycles. The summed E-state index contributed by atoms with van der Waals surface area (Å²) in [6.45, 7) is 6.19. The summed E-state index contributed by atoms with van der Waals surface area (Å²) in [6.07, 6.45) is 6.78. The maximum Gasteiger partial charge on any atom is 0.0451 e. The van der Waals surface area contributed by atoms with Crippen molar-refractivity contribution in [2.45, 2.75) is 85.0 Å². The Labute approximate surface area is 179 Å². The maximum absolute atomic E-state index is 12.4. The Kier molecular flexibility index (Phi) is 6.54. The molecule has 30 heavy (non-hydrogen) atoms. The second-order valence-corrected chi connectivity index (χ2v) is 10.8. The molecule has 0 spiro atoms. The van der Waals surface area contributed by atoms with Crippen LogP contribution in [-0.4, -0.2) is 17.9 Å². The van der Waals surface area contributed by atoms with Crippen molar-refractivity contribution in [3.63, 3.8) is 0 Å². The molecule has 6 heteroatoms. The Morgan fingerprint density at radius 1 is 0.867 bits per heavy atom. The first-order valence-corrected chi connectivity index (χ1v) is 11.6. The van der Waals surface area contributed by atoms with Gasteiger partial charge in [-0.25, -0.2) is 0 Å². The van der Waals surface area contributed by atoms with Gasteiger partial charge in [-0.1, -0.05) is 33.6 Å². The van der Waals surface area contributed by atoms with Gasteiger partial charge in [-0.15, -0.1) is 0 Å². The van der Waals surface area contributed by atoms with Crippen molar-refractivity contribution in [1.29, 1.82) is 0 Å². The lowest BCUT2D eigenvalue weighted by Gasteiger charge is -2.57. The lowest BCUT2D eigenvalue weighted by molar-refractivity contribution is -0.327. The van der Waals surface area contributed by atoms with Crippen molar-refractivity contribution in [3.05, 3.63) is 0 Å². The smallest absolute Gasteiger partial charge is 0.0451 e. The van der Waals surface area contributed by atoms with Crippen LogP contribution in [0.25, 0.3) is 0 Å². The van der Waals surface area contributed by atoms with Crippen LogP contribution in [0.3, 0.4) is 0 Å². The summed E-state index contributed by atoms with van der Waals surface area (Å²) < 4.78 is 0. The van der Waals surface area contributed by atoms with Gasteiger partial charge >= 0.3 is 0 Å². The van der Waals surface area contributed by atoms with E-state index >= 15 is 0 Å². The predicted octanol–water partition coefficient (Wildman–Crippen LogP) is 0.908. The fourth-order valence-corrected chi connectivity index (χ4v) is 7.92. The summed E-state index contributed by atoms with van der Waals surface area (Å²) in [5, 5.41) is 35.3. The quantitative estimate of drug-likeness (QED) is 0.605. The molecule has 8 atom stereocenters. The van der Waals surface area contributed by atoms with Crippen LogP contribution >= 0.6 is 0 Å². The first-order valence-electron chi connectivity index (χ1n) is 11.6. The molecule has 0 aromatic rings. The monoisotopic (exact) mass is 419 g/mol. The van der Waals surface area contributed by atoms with E-state index in [2.05, 4.69) is 13.8 Å². The van der Waals surface area contributed by atoms with Crippen molar-refractivity contribution < 1.29 is 29.7 Å². The highest BCUT2D eigenvalue weighted by molar-refractivity contribution is 5.71. The fraction of sp³-hybridized carbons (Fsp3) is 0.875. The molecule has 6 nitrogen and oxygen atoms in total. The van der Waals surface area contributed by atoms with E-state index in [1.54, 1.807) is 0 Å². The number of hydrogen-bond acceptors (Lipinski definition) is 6. The van der Waals surface area contributed by atoms with E-state index in [-0.39, 0.29) is 35.5 Å². The molecular weight excluding hydrogens is 384 g/mol. The highest BCUT2D eigenvalue weighted by atomic mass is 16.4. The highest BCUT2D eigenvalue weighted by Gasteiger charge is 2.59. The minimum Gasteiger partial charge on any atom is -0.550 e. The number of carbonyl (C=O) groups excluding carboxylic acids is 3. The van der Waals surface area contributed by atoms with E-state index in [0.29, 0.717) is 19.3 Å². The van der Waals surface area contributed by atoms with Crippen LogP contribution < -0.4 is 15.3 Å². The molecule has 0 unspecified atom stereocenters. The van der Waals surface area contributed by atoms with Gasteiger partial charge in [-0.3, -0.25) is 0 Å². The highest BCUT2D eigenvalue weighted by Crippen LogP contribution is 2.65. The van der Waals surface area contributed by atoms with Crippen LogP contribution in [0, 0.1) is 46.3 Å². The topological polar surface area (TPSA) is 120 Å². The molecule has 3 saturated carbocycles. The third kappa shape index (κ3) is 3.87. The average molecular weight is 420 g/mol. The molecule has 3 fully saturated rings. The van der Waals surface area contributed by atoms with Crippen molar-refractivity contribution in [3.8, 4) is 0 Å². The Morgan fingerprint density at radius 3 is 2.13 bits per heavy atom. The van der Waals surface area contributed by atoms with E-state index in [0.717, 1.165) is 38.5 Å². The zero-order valence-corrected chi connectivity index (χ0v) is 18.5. The van der Waals surface area contributed by atoms with Gasteiger partial charge in [0.05, 0.1) is 0 Å². The molecule has 0 aromatic carbocycles. The SMILES string of the molecule is C[C@@H](CCC(=O)[O-])[C@@H]1CC[C@@H]2[C@@H](C(=O)[O-])[C@@H]([C@@]3(C)CCCC[C@H]3C(=O)[O-])CC[C@@]21C. The lowest BCUT2D eigenvalue weighted by atomic mass is 9.48. The Bertz CT molecular complexity index is 689. The number of fused-ring (bicyclic) bond motifs is 1. The summed E-state index contributed by atoms with van der Waals surface area (Å²) in [7, 11) is 0. The molecule has 0 saturated heterocycles. The number of carboxylic acid groups (broad SMARTS) is 3. The standard InChI is InChI=1S/C24H38O6/c1-14(7-10-19(25)26)15-8-9-16-20(22(29)30)17(11-13-24(15,16)3)23(2)12-5-4-6-18(23)21(27)28/h14-18,20H,4-13H2,1-3H3,(H,25,26)(H,27,28)(H,29,30)/p-3/t14-,15-,16+,17-,18-,20+,23+,24+/m0/s1. The largest absolute Gasteiger partial charge is 0.550 e. The number of rotatable bonds is 7. The Hall–Kier alpha value is -1.59. The zero-order valence-electron chi connectivity index (χ0n) is 18.5. The van der Waals surface area contributed by atoms with Crippen LogP contribution in [0.1, 0.15) is 85.0 Å². The van der Waals surface area contributed by atoms with Gasteiger partial charge in [0, 0.05) is 29.7 Å². The summed E-state index contributed by atoms with van der Waals surface area (Å²) >= 11 is 0. The maximum atomic E-state index is 12.4. The number of hydrogen-bond donors (Lipinski definition) is 0. The molecule has 0 bridgehead atoms. The van der Waals surface area contributed by atoms with Crippen molar-refractivity contribution in [2.75, 3.05) is 0 Å². The molecule has 0 radical (unpaired) electrons. The van der Waals surface area contributed by atoms with Crippen LogP contribution in [0.4, 0.5) is 0 Å². The summed E-state index contributed by atoms with van der Waals surface area (Å²) in [6, 6.07) is 0. The molecule has 0 amide bonds. The summed E-state index contributed by atoms with van der Waals surface area (Å²) in [5.74, 6) is -4.26.